The molecule has 0 fully saturated rings. The van der Waals surface area contributed by atoms with Crippen molar-refractivity contribution in [2.45, 2.75) is 25.8 Å². The third-order valence-corrected chi connectivity index (χ3v) is 2.20. The number of halogens is 1. The summed E-state index contributed by atoms with van der Waals surface area (Å²) in [6.07, 6.45) is 6.82. The van der Waals surface area contributed by atoms with Gasteiger partial charge >= 0.3 is 0 Å². The second kappa shape index (κ2) is 5.92. The number of hydrogen-bond acceptors (Lipinski definition) is 1. The Bertz CT molecular complexity index is 409. The van der Waals surface area contributed by atoms with E-state index in [0.717, 1.165) is 6.42 Å². The van der Waals surface area contributed by atoms with Crippen LogP contribution in [-0.4, -0.2) is 11.9 Å². The van der Waals surface area contributed by atoms with Gasteiger partial charge in [-0.1, -0.05) is 31.4 Å². The molecule has 1 atom stereocenters. The number of hydrogen-bond donors (Lipinski definition) is 1. The molecule has 0 heterocycles. The molecule has 0 aliphatic carbocycles. The van der Waals surface area contributed by atoms with Crippen LogP contribution in [0.15, 0.2) is 24.3 Å². The van der Waals surface area contributed by atoms with Crippen LogP contribution >= 0.6 is 0 Å². The lowest BCUT2D eigenvalue weighted by atomic mass is 10.1. The van der Waals surface area contributed by atoms with Crippen LogP contribution in [0.5, 0.6) is 0 Å². The Morgan fingerprint density at radius 1 is 1.56 bits per heavy atom. The van der Waals surface area contributed by atoms with E-state index < -0.39 is 11.7 Å². The average Bonchev–Trinajstić information content (AvgIpc) is 2.28. The molecule has 0 aliphatic rings. The van der Waals surface area contributed by atoms with Crippen molar-refractivity contribution in [3.63, 3.8) is 0 Å². The van der Waals surface area contributed by atoms with Crippen LogP contribution < -0.4 is 5.32 Å². The summed E-state index contributed by atoms with van der Waals surface area (Å²) in [5, 5.41) is 2.61. The van der Waals surface area contributed by atoms with Crippen LogP contribution in [0.3, 0.4) is 0 Å². The Hall–Kier alpha value is -1.82. The van der Waals surface area contributed by atoms with E-state index in [1.54, 1.807) is 6.07 Å². The van der Waals surface area contributed by atoms with E-state index in [9.17, 15) is 9.18 Å². The van der Waals surface area contributed by atoms with Crippen LogP contribution in [0.1, 0.15) is 30.1 Å². The molecule has 1 aromatic carbocycles. The monoisotopic (exact) mass is 219 g/mol. The highest BCUT2D eigenvalue weighted by molar-refractivity contribution is 5.94. The van der Waals surface area contributed by atoms with Crippen molar-refractivity contribution in [3.8, 4) is 12.3 Å². The van der Waals surface area contributed by atoms with Gasteiger partial charge in [0, 0.05) is 0 Å². The van der Waals surface area contributed by atoms with E-state index in [-0.39, 0.29) is 11.6 Å². The molecule has 0 radical (unpaired) electrons. The first-order valence-corrected chi connectivity index (χ1v) is 5.20. The maximum Gasteiger partial charge on any atom is 0.255 e. The summed E-state index contributed by atoms with van der Waals surface area (Å²) in [7, 11) is 0. The van der Waals surface area contributed by atoms with Crippen LogP contribution in [0.2, 0.25) is 0 Å². The van der Waals surface area contributed by atoms with E-state index >= 15 is 0 Å². The number of terminal acetylenes is 1. The van der Waals surface area contributed by atoms with Crippen LogP contribution in [0.4, 0.5) is 4.39 Å². The molecule has 0 saturated heterocycles. The number of nitrogens with one attached hydrogen (secondary N) is 1. The molecule has 3 heteroatoms. The van der Waals surface area contributed by atoms with Crippen LogP contribution in [0.25, 0.3) is 0 Å². The third kappa shape index (κ3) is 3.09. The van der Waals surface area contributed by atoms with Crippen molar-refractivity contribution in [1.82, 2.24) is 5.32 Å². The molecule has 0 spiro atoms. The molecule has 0 aromatic heterocycles. The lowest BCUT2D eigenvalue weighted by Gasteiger charge is -2.12. The highest BCUT2D eigenvalue weighted by Gasteiger charge is 2.13. The number of amides is 1. The van der Waals surface area contributed by atoms with Crippen molar-refractivity contribution < 1.29 is 9.18 Å². The van der Waals surface area contributed by atoms with Crippen molar-refractivity contribution >= 4 is 5.91 Å². The molecular formula is C13H14FNO. The summed E-state index contributed by atoms with van der Waals surface area (Å²) in [5.41, 5.74) is 0.0267. The number of carbonyl (C=O) groups is 1. The summed E-state index contributed by atoms with van der Waals surface area (Å²) in [6.45, 7) is 1.97. The Morgan fingerprint density at radius 3 is 2.81 bits per heavy atom. The van der Waals surface area contributed by atoms with Gasteiger partial charge in [0.1, 0.15) is 5.82 Å². The topological polar surface area (TPSA) is 29.1 Å². The highest BCUT2D eigenvalue weighted by Crippen LogP contribution is 2.07. The molecule has 0 saturated carbocycles. The molecule has 16 heavy (non-hydrogen) atoms. The quantitative estimate of drug-likeness (QED) is 0.774. The van der Waals surface area contributed by atoms with Gasteiger partial charge in [0.05, 0.1) is 11.6 Å². The first-order valence-electron chi connectivity index (χ1n) is 5.20. The van der Waals surface area contributed by atoms with Gasteiger partial charge < -0.3 is 5.32 Å². The summed E-state index contributed by atoms with van der Waals surface area (Å²) < 4.78 is 13.3. The summed E-state index contributed by atoms with van der Waals surface area (Å²) in [5.74, 6) is 1.47. The first-order chi connectivity index (χ1) is 7.69. The van der Waals surface area contributed by atoms with Gasteiger partial charge in [-0.15, -0.1) is 6.42 Å². The molecule has 0 bridgehead atoms. The Kier molecular flexibility index (Phi) is 4.53. The van der Waals surface area contributed by atoms with Gasteiger partial charge in [-0.05, 0) is 18.6 Å². The van der Waals surface area contributed by atoms with Gasteiger partial charge in [-0.25, -0.2) is 4.39 Å². The second-order valence-corrected chi connectivity index (χ2v) is 3.46. The Labute approximate surface area is 94.9 Å². The number of benzene rings is 1. The minimum Gasteiger partial charge on any atom is -0.338 e. The predicted molar refractivity (Wildman–Crippen MR) is 61.4 cm³/mol. The van der Waals surface area contributed by atoms with Gasteiger partial charge in [-0.3, -0.25) is 4.79 Å². The zero-order chi connectivity index (χ0) is 12.0. The van der Waals surface area contributed by atoms with E-state index in [4.69, 9.17) is 6.42 Å². The highest BCUT2D eigenvalue weighted by atomic mass is 19.1. The molecule has 1 amide bonds. The van der Waals surface area contributed by atoms with Crippen LogP contribution in [-0.2, 0) is 0 Å². The van der Waals surface area contributed by atoms with Crippen LogP contribution in [0, 0.1) is 18.2 Å². The smallest absolute Gasteiger partial charge is 0.255 e. The first kappa shape index (κ1) is 12.3. The maximum atomic E-state index is 13.3. The van der Waals surface area contributed by atoms with E-state index in [2.05, 4.69) is 11.2 Å². The molecule has 1 aromatic rings. The summed E-state index contributed by atoms with van der Waals surface area (Å²) >= 11 is 0. The molecule has 2 nitrogen and oxygen atoms in total. The van der Waals surface area contributed by atoms with E-state index in [1.807, 2.05) is 6.92 Å². The minimum atomic E-state index is -0.535. The molecule has 1 N–H and O–H groups in total. The van der Waals surface area contributed by atoms with E-state index in [1.165, 1.54) is 18.2 Å². The molecular weight excluding hydrogens is 205 g/mol. The zero-order valence-corrected chi connectivity index (χ0v) is 9.16. The normalized spacial score (nSPS) is 11.6. The summed E-state index contributed by atoms with van der Waals surface area (Å²) in [6, 6.07) is 5.50. The molecule has 1 unspecified atom stereocenters. The Morgan fingerprint density at radius 2 is 2.25 bits per heavy atom. The standard InChI is InChI=1S/C13H14FNO/c1-3-7-10(4-2)15-13(16)11-8-5-6-9-12(11)14/h2,5-6,8-10H,3,7H2,1H3,(H,15,16). The Balaban J connectivity index is 2.73. The SMILES string of the molecule is C#CC(CCC)NC(=O)c1ccccc1F. The third-order valence-electron chi connectivity index (χ3n) is 2.20. The van der Waals surface area contributed by atoms with Gasteiger partial charge in [0.15, 0.2) is 0 Å². The van der Waals surface area contributed by atoms with Crippen molar-refractivity contribution in [3.05, 3.63) is 35.6 Å². The molecule has 84 valence electrons. The van der Waals surface area contributed by atoms with Gasteiger partial charge in [0.2, 0.25) is 0 Å². The molecule has 0 aliphatic heterocycles. The minimum absolute atomic E-state index is 0.0267. The number of carbonyl (C=O) groups excluding carboxylic acids is 1. The van der Waals surface area contributed by atoms with Crippen molar-refractivity contribution in [2.24, 2.45) is 0 Å². The van der Waals surface area contributed by atoms with Gasteiger partial charge in [-0.2, -0.15) is 0 Å². The predicted octanol–water partition coefficient (Wildman–Crippen LogP) is 2.36. The van der Waals surface area contributed by atoms with Crippen molar-refractivity contribution in [1.29, 1.82) is 0 Å². The average molecular weight is 219 g/mol. The maximum absolute atomic E-state index is 13.3. The number of rotatable bonds is 4. The largest absolute Gasteiger partial charge is 0.338 e. The summed E-state index contributed by atoms with van der Waals surface area (Å²) in [4.78, 5) is 11.7. The lowest BCUT2D eigenvalue weighted by Crippen LogP contribution is -2.34. The fourth-order valence-electron chi connectivity index (χ4n) is 1.37. The van der Waals surface area contributed by atoms with Crippen molar-refractivity contribution in [2.75, 3.05) is 0 Å². The van der Waals surface area contributed by atoms with E-state index in [0.29, 0.717) is 6.42 Å². The second-order valence-electron chi connectivity index (χ2n) is 3.46. The fraction of sp³-hybridized carbons (Fsp3) is 0.308. The van der Waals surface area contributed by atoms with Gasteiger partial charge in [0.25, 0.3) is 5.91 Å². The lowest BCUT2D eigenvalue weighted by molar-refractivity contribution is 0.0940. The molecule has 1 rings (SSSR count). The fourth-order valence-corrected chi connectivity index (χ4v) is 1.37. The zero-order valence-electron chi connectivity index (χ0n) is 9.16.